The summed E-state index contributed by atoms with van der Waals surface area (Å²) in [7, 11) is -1.88. The van der Waals surface area contributed by atoms with Crippen LogP contribution in [0.15, 0.2) is 18.5 Å². The molecule has 0 saturated carbocycles. The van der Waals surface area contributed by atoms with E-state index in [1.807, 2.05) is 6.20 Å². The number of hydrogen-bond donors (Lipinski definition) is 1. The third-order valence-corrected chi connectivity index (χ3v) is 12.1. The van der Waals surface area contributed by atoms with Gasteiger partial charge in [-0.25, -0.2) is 4.98 Å². The van der Waals surface area contributed by atoms with E-state index in [2.05, 4.69) is 63.6 Å². The molecule has 2 heterocycles. The van der Waals surface area contributed by atoms with Crippen LogP contribution in [0.4, 0.5) is 0 Å². The van der Waals surface area contributed by atoms with Crippen LogP contribution < -0.4 is 5.19 Å². The first kappa shape index (κ1) is 15.8. The predicted octanol–water partition coefficient (Wildman–Crippen LogP) is 4.32. The number of fused-ring (bicyclic) bond motifs is 1. The van der Waals surface area contributed by atoms with Crippen molar-refractivity contribution < 1.29 is 0 Å². The monoisotopic (exact) mass is 299 g/mol. The molecule has 0 fully saturated rings. The van der Waals surface area contributed by atoms with E-state index < -0.39 is 8.07 Å². The lowest BCUT2D eigenvalue weighted by atomic mass is 10.2. The van der Waals surface area contributed by atoms with Crippen LogP contribution in [-0.4, -0.2) is 18.0 Å². The van der Waals surface area contributed by atoms with Gasteiger partial charge in [0.25, 0.3) is 0 Å². The van der Waals surface area contributed by atoms with E-state index >= 15 is 0 Å². The number of hydrogen-bond acceptors (Lipinski definition) is 2. The highest BCUT2D eigenvalue weighted by molar-refractivity contribution is 6.96. The van der Waals surface area contributed by atoms with E-state index in [0.29, 0.717) is 16.6 Å². The van der Waals surface area contributed by atoms with Gasteiger partial charge in [-0.1, -0.05) is 41.5 Å². The second-order valence-corrected chi connectivity index (χ2v) is 12.6. The zero-order valence-electron chi connectivity index (χ0n) is 13.9. The molecule has 0 atom stereocenters. The molecule has 21 heavy (non-hydrogen) atoms. The third kappa shape index (κ3) is 2.20. The molecule has 0 aliphatic heterocycles. The summed E-state index contributed by atoms with van der Waals surface area (Å²) in [5.74, 6) is 0. The lowest BCUT2D eigenvalue weighted by Crippen LogP contribution is -2.57. The number of nitriles is 1. The Bertz CT molecular complexity index is 655. The lowest BCUT2D eigenvalue weighted by Gasteiger charge is -2.44. The minimum atomic E-state index is -1.88. The number of aromatic nitrogens is 2. The number of nitrogens with one attached hydrogen (secondary N) is 1. The summed E-state index contributed by atoms with van der Waals surface area (Å²) in [6.45, 7) is 14.0. The molecule has 0 radical (unpaired) electrons. The molecule has 0 aliphatic carbocycles. The van der Waals surface area contributed by atoms with E-state index in [-0.39, 0.29) is 0 Å². The van der Waals surface area contributed by atoms with Crippen LogP contribution in [0, 0.1) is 11.3 Å². The fourth-order valence-corrected chi connectivity index (χ4v) is 11.4. The molecule has 0 unspecified atom stereocenters. The zero-order valence-corrected chi connectivity index (χ0v) is 14.9. The molecule has 0 spiro atoms. The van der Waals surface area contributed by atoms with Crippen molar-refractivity contribution >= 4 is 24.3 Å². The average molecular weight is 299 g/mol. The van der Waals surface area contributed by atoms with Crippen molar-refractivity contribution in [3.63, 3.8) is 0 Å². The van der Waals surface area contributed by atoms with Gasteiger partial charge in [0.1, 0.15) is 11.7 Å². The maximum Gasteiger partial charge on any atom is 0.137 e. The van der Waals surface area contributed by atoms with Gasteiger partial charge in [0, 0.05) is 17.8 Å². The quantitative estimate of drug-likeness (QED) is 0.855. The summed E-state index contributed by atoms with van der Waals surface area (Å²) < 4.78 is 0. The lowest BCUT2D eigenvalue weighted by molar-refractivity contribution is 0.835. The van der Waals surface area contributed by atoms with E-state index in [1.165, 1.54) is 5.19 Å². The van der Waals surface area contributed by atoms with Crippen LogP contribution in [0.2, 0.25) is 16.6 Å². The van der Waals surface area contributed by atoms with Gasteiger partial charge in [-0.3, -0.25) is 0 Å². The molecule has 2 aromatic heterocycles. The van der Waals surface area contributed by atoms with Crippen molar-refractivity contribution in [3.05, 3.63) is 24.0 Å². The molecule has 0 bridgehead atoms. The maximum atomic E-state index is 9.65. The Morgan fingerprint density at radius 2 is 1.67 bits per heavy atom. The Hall–Kier alpha value is -1.60. The van der Waals surface area contributed by atoms with Gasteiger partial charge in [-0.05, 0) is 27.9 Å². The van der Waals surface area contributed by atoms with Crippen LogP contribution in [0.5, 0.6) is 0 Å². The van der Waals surface area contributed by atoms with E-state index in [9.17, 15) is 5.26 Å². The Balaban J connectivity index is 2.94. The summed E-state index contributed by atoms with van der Waals surface area (Å²) in [5.41, 5.74) is 3.40. The standard InChI is InChI=1S/C17H25N3Si/c1-11(2)21(12(3)4,13(5)6)16-14(9-18)10-20-17-15(16)7-8-19-17/h7-8,10-13H,1-6H3,(H,19,20). The normalized spacial score (nSPS) is 12.6. The number of pyridine rings is 1. The third-order valence-electron chi connectivity index (χ3n) is 5.01. The van der Waals surface area contributed by atoms with Gasteiger partial charge < -0.3 is 4.98 Å². The van der Waals surface area contributed by atoms with Crippen LogP contribution in [0.3, 0.4) is 0 Å². The largest absolute Gasteiger partial charge is 0.346 e. The molecule has 112 valence electrons. The van der Waals surface area contributed by atoms with Crippen molar-refractivity contribution in [1.82, 2.24) is 9.97 Å². The Labute approximate surface area is 128 Å². The SMILES string of the molecule is CC(C)[Si](c1c(C#N)cnc2[nH]ccc12)(C(C)C)C(C)C. The Morgan fingerprint density at radius 3 is 2.14 bits per heavy atom. The molecule has 0 aliphatic rings. The minimum Gasteiger partial charge on any atom is -0.346 e. The number of H-pyrrole nitrogens is 1. The van der Waals surface area contributed by atoms with Gasteiger partial charge in [-0.2, -0.15) is 5.26 Å². The van der Waals surface area contributed by atoms with E-state index in [1.54, 1.807) is 6.20 Å². The number of nitrogens with zero attached hydrogens (tertiary/aromatic N) is 2. The van der Waals surface area contributed by atoms with Crippen LogP contribution >= 0.6 is 0 Å². The predicted molar refractivity (Wildman–Crippen MR) is 91.5 cm³/mol. The van der Waals surface area contributed by atoms with E-state index in [4.69, 9.17) is 0 Å². The fraction of sp³-hybridized carbons (Fsp3) is 0.529. The molecule has 1 N–H and O–H groups in total. The Morgan fingerprint density at radius 1 is 1.10 bits per heavy atom. The molecule has 0 aromatic carbocycles. The van der Waals surface area contributed by atoms with Crippen molar-refractivity contribution in [3.8, 4) is 6.07 Å². The minimum absolute atomic E-state index is 0.574. The Kier molecular flexibility index (Phi) is 4.24. The maximum absolute atomic E-state index is 9.65. The van der Waals surface area contributed by atoms with Gasteiger partial charge in [0.15, 0.2) is 0 Å². The van der Waals surface area contributed by atoms with E-state index in [0.717, 1.165) is 16.6 Å². The highest BCUT2D eigenvalue weighted by atomic mass is 28.3. The summed E-state index contributed by atoms with van der Waals surface area (Å²) in [5, 5.41) is 12.1. The van der Waals surface area contributed by atoms with Crippen molar-refractivity contribution in [2.45, 2.75) is 58.2 Å². The summed E-state index contributed by atoms with van der Waals surface area (Å²) in [4.78, 5) is 7.61. The molecule has 4 heteroatoms. The topological polar surface area (TPSA) is 52.5 Å². The van der Waals surface area contributed by atoms with Crippen LogP contribution in [0.1, 0.15) is 47.1 Å². The second kappa shape index (κ2) is 5.65. The summed E-state index contributed by atoms with van der Waals surface area (Å²) in [6.07, 6.45) is 3.69. The summed E-state index contributed by atoms with van der Waals surface area (Å²) in [6, 6.07) is 4.50. The molecular weight excluding hydrogens is 274 g/mol. The first-order valence-electron chi connectivity index (χ1n) is 7.73. The highest BCUT2D eigenvalue weighted by Crippen LogP contribution is 2.42. The molecule has 0 saturated heterocycles. The van der Waals surface area contributed by atoms with Gasteiger partial charge in [-0.15, -0.1) is 0 Å². The smallest absolute Gasteiger partial charge is 0.137 e. The number of aromatic amines is 1. The highest BCUT2D eigenvalue weighted by Gasteiger charge is 2.46. The fourth-order valence-electron chi connectivity index (χ4n) is 4.43. The zero-order chi connectivity index (χ0) is 15.8. The first-order valence-corrected chi connectivity index (χ1v) is 9.97. The summed E-state index contributed by atoms with van der Waals surface area (Å²) >= 11 is 0. The van der Waals surface area contributed by atoms with Crippen molar-refractivity contribution in [2.24, 2.45) is 0 Å². The number of rotatable bonds is 4. The molecular formula is C17H25N3Si. The molecule has 2 rings (SSSR count). The molecule has 2 aromatic rings. The second-order valence-electron chi connectivity index (χ2n) is 6.80. The van der Waals surface area contributed by atoms with Crippen molar-refractivity contribution in [2.75, 3.05) is 0 Å². The van der Waals surface area contributed by atoms with Crippen LogP contribution in [0.25, 0.3) is 11.0 Å². The van der Waals surface area contributed by atoms with Crippen molar-refractivity contribution in [1.29, 1.82) is 5.26 Å². The average Bonchev–Trinajstić information content (AvgIpc) is 2.86. The van der Waals surface area contributed by atoms with Gasteiger partial charge in [0.05, 0.1) is 13.6 Å². The molecule has 0 amide bonds. The first-order chi connectivity index (χ1) is 9.87. The molecule has 3 nitrogen and oxygen atoms in total. The van der Waals surface area contributed by atoms with Gasteiger partial charge >= 0.3 is 0 Å². The van der Waals surface area contributed by atoms with Gasteiger partial charge in [0.2, 0.25) is 0 Å². The van der Waals surface area contributed by atoms with Crippen LogP contribution in [-0.2, 0) is 0 Å².